The van der Waals surface area contributed by atoms with Gasteiger partial charge >= 0.3 is 5.97 Å². The average molecular weight is 438 g/mol. The molecule has 168 valence electrons. The monoisotopic (exact) mass is 438 g/mol. The summed E-state index contributed by atoms with van der Waals surface area (Å²) < 4.78 is 27.9. The van der Waals surface area contributed by atoms with E-state index in [0.717, 1.165) is 32.1 Å². The lowest BCUT2D eigenvalue weighted by Crippen LogP contribution is -2.25. The number of ether oxygens (including phenoxy) is 4. The second kappa shape index (κ2) is 9.77. The number of hydrogen-bond donors (Lipinski definition) is 0. The molecule has 2 aromatic carbocycles. The van der Waals surface area contributed by atoms with E-state index in [2.05, 4.69) is 0 Å². The van der Waals surface area contributed by atoms with Gasteiger partial charge in [0.25, 0.3) is 0 Å². The number of benzene rings is 2. The second-order valence-corrected chi connectivity index (χ2v) is 7.69. The van der Waals surface area contributed by atoms with Gasteiger partial charge in [0.1, 0.15) is 11.7 Å². The van der Waals surface area contributed by atoms with Crippen molar-refractivity contribution >= 4 is 16.9 Å². The molecule has 7 nitrogen and oxygen atoms in total. The Morgan fingerprint density at radius 3 is 2.50 bits per heavy atom. The van der Waals surface area contributed by atoms with Crippen LogP contribution in [0, 0.1) is 0 Å². The number of para-hydroxylation sites is 1. The Balaban J connectivity index is 1.68. The quantitative estimate of drug-likeness (QED) is 0.493. The first-order chi connectivity index (χ1) is 15.6. The molecule has 1 heterocycles. The molecule has 0 atom stereocenters. The van der Waals surface area contributed by atoms with Gasteiger partial charge in [0.15, 0.2) is 23.9 Å². The highest BCUT2D eigenvalue weighted by Crippen LogP contribution is 2.36. The van der Waals surface area contributed by atoms with E-state index < -0.39 is 5.97 Å². The predicted molar refractivity (Wildman–Crippen MR) is 119 cm³/mol. The maximum absolute atomic E-state index is 13.2. The average Bonchev–Trinajstić information content (AvgIpc) is 2.83. The van der Waals surface area contributed by atoms with Crippen LogP contribution in [0.4, 0.5) is 0 Å². The van der Waals surface area contributed by atoms with Crippen LogP contribution in [0.1, 0.15) is 32.1 Å². The summed E-state index contributed by atoms with van der Waals surface area (Å²) in [5, 5.41) is 0.368. The Bertz CT molecular complexity index is 1160. The lowest BCUT2D eigenvalue weighted by atomic mass is 9.98. The third kappa shape index (κ3) is 4.56. The number of methoxy groups -OCH3 is 2. The maximum Gasteiger partial charge on any atom is 0.344 e. The van der Waals surface area contributed by atoms with Crippen molar-refractivity contribution in [2.24, 2.45) is 0 Å². The second-order valence-electron chi connectivity index (χ2n) is 7.69. The summed E-state index contributed by atoms with van der Waals surface area (Å²) in [4.78, 5) is 25.6. The molecule has 0 radical (unpaired) electrons. The molecule has 1 aliphatic carbocycles. The van der Waals surface area contributed by atoms with Gasteiger partial charge in [-0.3, -0.25) is 4.79 Å². The molecular weight excluding hydrogens is 412 g/mol. The summed E-state index contributed by atoms with van der Waals surface area (Å²) in [5.41, 5.74) is 0.614. The van der Waals surface area contributed by atoms with E-state index in [9.17, 15) is 9.59 Å². The van der Waals surface area contributed by atoms with E-state index >= 15 is 0 Å². The molecular formula is C25H26O7. The van der Waals surface area contributed by atoms with Crippen LogP contribution < -0.4 is 19.6 Å². The van der Waals surface area contributed by atoms with E-state index in [1.54, 1.807) is 49.6 Å². The Morgan fingerprint density at radius 1 is 1.00 bits per heavy atom. The SMILES string of the molecule is COc1ccc(-c2oc3ccccc3c(=O)c2OCC(=O)OC2CCCCC2)cc1OC. The minimum absolute atomic E-state index is 0.0449. The van der Waals surface area contributed by atoms with Crippen molar-refractivity contribution in [2.75, 3.05) is 20.8 Å². The summed E-state index contributed by atoms with van der Waals surface area (Å²) in [6.07, 6.45) is 4.91. The summed E-state index contributed by atoms with van der Waals surface area (Å²) in [7, 11) is 3.07. The molecule has 4 rings (SSSR count). The van der Waals surface area contributed by atoms with Gasteiger partial charge in [-0.15, -0.1) is 0 Å². The van der Waals surface area contributed by atoms with Gasteiger partial charge in [-0.2, -0.15) is 0 Å². The molecule has 32 heavy (non-hydrogen) atoms. The minimum Gasteiger partial charge on any atom is -0.493 e. The van der Waals surface area contributed by atoms with Gasteiger partial charge in [-0.25, -0.2) is 4.79 Å². The zero-order valence-electron chi connectivity index (χ0n) is 18.2. The van der Waals surface area contributed by atoms with Gasteiger partial charge in [-0.05, 0) is 56.0 Å². The van der Waals surface area contributed by atoms with Gasteiger partial charge < -0.3 is 23.4 Å². The van der Waals surface area contributed by atoms with E-state index in [-0.39, 0.29) is 29.6 Å². The molecule has 0 N–H and O–H groups in total. The first-order valence-electron chi connectivity index (χ1n) is 10.7. The lowest BCUT2D eigenvalue weighted by Gasteiger charge is -2.21. The Hall–Kier alpha value is -3.48. The highest BCUT2D eigenvalue weighted by Gasteiger charge is 2.22. The predicted octanol–water partition coefficient (Wildman–Crippen LogP) is 4.73. The normalized spacial score (nSPS) is 14.2. The summed E-state index contributed by atoms with van der Waals surface area (Å²) in [6.45, 7) is -0.375. The topological polar surface area (TPSA) is 84.2 Å². The fourth-order valence-electron chi connectivity index (χ4n) is 3.96. The highest BCUT2D eigenvalue weighted by atomic mass is 16.6. The van der Waals surface area contributed by atoms with Gasteiger partial charge in [0.05, 0.1) is 19.6 Å². The van der Waals surface area contributed by atoms with Gasteiger partial charge in [0, 0.05) is 5.56 Å². The highest BCUT2D eigenvalue weighted by molar-refractivity contribution is 5.82. The molecule has 0 amide bonds. The minimum atomic E-state index is -0.497. The number of rotatable bonds is 7. The van der Waals surface area contributed by atoms with Gasteiger partial charge in [-0.1, -0.05) is 18.6 Å². The third-order valence-electron chi connectivity index (χ3n) is 5.59. The van der Waals surface area contributed by atoms with Crippen molar-refractivity contribution in [3.8, 4) is 28.6 Å². The van der Waals surface area contributed by atoms with E-state index in [1.165, 1.54) is 7.11 Å². The first kappa shape index (κ1) is 21.7. The van der Waals surface area contributed by atoms with E-state index in [0.29, 0.717) is 28.0 Å². The smallest absolute Gasteiger partial charge is 0.344 e. The largest absolute Gasteiger partial charge is 0.493 e. The number of esters is 1. The van der Waals surface area contributed by atoms with Crippen molar-refractivity contribution in [1.29, 1.82) is 0 Å². The molecule has 1 aromatic heterocycles. The standard InChI is InChI=1S/C25H26O7/c1-28-20-13-12-16(14-21(20)29-2)24-25(23(27)18-10-6-7-11-19(18)32-24)30-15-22(26)31-17-8-4-3-5-9-17/h6-7,10-14,17H,3-5,8-9,15H2,1-2H3. The van der Waals surface area contributed by atoms with Crippen LogP contribution in [0.5, 0.6) is 17.2 Å². The number of hydrogen-bond acceptors (Lipinski definition) is 7. The molecule has 0 aliphatic heterocycles. The van der Waals surface area contributed by atoms with Crippen LogP contribution in [0.2, 0.25) is 0 Å². The molecule has 0 spiro atoms. The molecule has 0 unspecified atom stereocenters. The van der Waals surface area contributed by atoms with Gasteiger partial charge in [0.2, 0.25) is 11.2 Å². The Kier molecular flexibility index (Phi) is 6.63. The van der Waals surface area contributed by atoms with Crippen molar-refractivity contribution in [3.05, 3.63) is 52.7 Å². The molecule has 1 saturated carbocycles. The fourth-order valence-corrected chi connectivity index (χ4v) is 3.96. The van der Waals surface area contributed by atoms with Crippen LogP contribution in [-0.2, 0) is 9.53 Å². The third-order valence-corrected chi connectivity index (χ3v) is 5.59. The van der Waals surface area contributed by atoms with Crippen LogP contribution in [0.3, 0.4) is 0 Å². The van der Waals surface area contributed by atoms with Crippen molar-refractivity contribution in [1.82, 2.24) is 0 Å². The van der Waals surface area contributed by atoms with Crippen molar-refractivity contribution in [2.45, 2.75) is 38.2 Å². The number of fused-ring (bicyclic) bond motifs is 1. The first-order valence-corrected chi connectivity index (χ1v) is 10.7. The molecule has 1 aliphatic rings. The van der Waals surface area contributed by atoms with E-state index in [1.807, 2.05) is 0 Å². The zero-order valence-corrected chi connectivity index (χ0v) is 18.2. The summed E-state index contributed by atoms with van der Waals surface area (Å²) >= 11 is 0. The van der Waals surface area contributed by atoms with Crippen molar-refractivity contribution < 1.29 is 28.2 Å². The van der Waals surface area contributed by atoms with Crippen LogP contribution in [0.15, 0.2) is 51.7 Å². The molecule has 0 bridgehead atoms. The van der Waals surface area contributed by atoms with Crippen LogP contribution in [-0.4, -0.2) is 32.9 Å². The molecule has 0 saturated heterocycles. The molecule has 7 heteroatoms. The summed E-state index contributed by atoms with van der Waals surface area (Å²) in [6, 6.07) is 12.0. The Labute approximate surface area is 185 Å². The number of carbonyl (C=O) groups excluding carboxylic acids is 1. The Morgan fingerprint density at radius 2 is 1.75 bits per heavy atom. The summed E-state index contributed by atoms with van der Waals surface area (Å²) in [5.74, 6) is 0.681. The fraction of sp³-hybridized carbons (Fsp3) is 0.360. The maximum atomic E-state index is 13.2. The number of carbonyl (C=O) groups is 1. The van der Waals surface area contributed by atoms with Crippen molar-refractivity contribution in [3.63, 3.8) is 0 Å². The lowest BCUT2D eigenvalue weighted by molar-refractivity contribution is -0.152. The van der Waals surface area contributed by atoms with Crippen LogP contribution in [0.25, 0.3) is 22.3 Å². The van der Waals surface area contributed by atoms with Crippen LogP contribution >= 0.6 is 0 Å². The molecule has 3 aromatic rings. The van der Waals surface area contributed by atoms with E-state index in [4.69, 9.17) is 23.4 Å². The molecule has 1 fully saturated rings. The zero-order chi connectivity index (χ0) is 22.5.